The Labute approximate surface area is 142 Å². The summed E-state index contributed by atoms with van der Waals surface area (Å²) in [5.74, 6) is -0.705. The molecule has 2 rings (SSSR count). The first-order chi connectivity index (χ1) is 11.5. The first-order valence-corrected chi connectivity index (χ1v) is 7.25. The van der Waals surface area contributed by atoms with E-state index < -0.39 is 17.6 Å². The highest BCUT2D eigenvalue weighted by Gasteiger charge is 2.06. The molecular weight excluding hydrogens is 339 g/mol. The van der Waals surface area contributed by atoms with Crippen LogP contribution in [0.2, 0.25) is 5.02 Å². The van der Waals surface area contributed by atoms with E-state index in [9.17, 15) is 14.0 Å². The zero-order valence-corrected chi connectivity index (χ0v) is 13.2. The lowest BCUT2D eigenvalue weighted by atomic mass is 10.3. The van der Waals surface area contributed by atoms with E-state index >= 15 is 0 Å². The van der Waals surface area contributed by atoms with Crippen LogP contribution in [0.25, 0.3) is 0 Å². The summed E-state index contributed by atoms with van der Waals surface area (Å²) in [5, 5.41) is 0.556. The molecule has 0 spiro atoms. The number of halogens is 2. The van der Waals surface area contributed by atoms with Crippen molar-refractivity contribution in [3.63, 3.8) is 0 Å². The number of hydrogen-bond acceptors (Lipinski definition) is 4. The van der Waals surface area contributed by atoms with Crippen LogP contribution in [0.4, 0.5) is 4.39 Å². The second-order valence-electron chi connectivity index (χ2n) is 4.58. The van der Waals surface area contributed by atoms with E-state index in [0.717, 1.165) is 0 Å². The van der Waals surface area contributed by atoms with Gasteiger partial charge >= 0.3 is 0 Å². The number of carbonyl (C=O) groups is 2. The SMILES string of the molecule is O=C(COc1ccc(F)cc1)NNC(=O)COc1ccc(Cl)cc1. The van der Waals surface area contributed by atoms with Crippen LogP contribution in [0.15, 0.2) is 48.5 Å². The van der Waals surface area contributed by atoms with Crippen molar-refractivity contribution in [2.75, 3.05) is 13.2 Å². The molecule has 0 bridgehead atoms. The first kappa shape index (κ1) is 17.6. The van der Waals surface area contributed by atoms with Gasteiger partial charge < -0.3 is 9.47 Å². The molecule has 0 aliphatic carbocycles. The van der Waals surface area contributed by atoms with Crippen LogP contribution in [0.3, 0.4) is 0 Å². The van der Waals surface area contributed by atoms with Gasteiger partial charge in [0, 0.05) is 5.02 Å². The van der Waals surface area contributed by atoms with Crippen molar-refractivity contribution in [1.82, 2.24) is 10.9 Å². The van der Waals surface area contributed by atoms with Crippen molar-refractivity contribution in [3.05, 3.63) is 59.4 Å². The maximum Gasteiger partial charge on any atom is 0.276 e. The van der Waals surface area contributed by atoms with E-state index in [1.807, 2.05) is 0 Å². The van der Waals surface area contributed by atoms with Crippen LogP contribution >= 0.6 is 11.6 Å². The normalized spacial score (nSPS) is 9.92. The molecule has 2 aromatic carbocycles. The molecule has 0 saturated heterocycles. The van der Waals surface area contributed by atoms with Crippen LogP contribution in [-0.4, -0.2) is 25.0 Å². The molecule has 24 heavy (non-hydrogen) atoms. The van der Waals surface area contributed by atoms with E-state index in [1.165, 1.54) is 24.3 Å². The molecule has 6 nitrogen and oxygen atoms in total. The number of rotatable bonds is 6. The molecule has 0 atom stereocenters. The fraction of sp³-hybridized carbons (Fsp3) is 0.125. The van der Waals surface area contributed by atoms with Gasteiger partial charge in [-0.05, 0) is 48.5 Å². The summed E-state index contributed by atoms with van der Waals surface area (Å²) in [7, 11) is 0. The summed E-state index contributed by atoms with van der Waals surface area (Å²) < 4.78 is 23.0. The fourth-order valence-corrected chi connectivity index (χ4v) is 1.70. The molecule has 8 heteroatoms. The molecule has 0 fully saturated rings. The third-order valence-corrected chi connectivity index (χ3v) is 2.96. The molecule has 2 amide bonds. The summed E-state index contributed by atoms with van der Waals surface area (Å²) in [5.41, 5.74) is 4.35. The van der Waals surface area contributed by atoms with Gasteiger partial charge in [-0.15, -0.1) is 0 Å². The maximum absolute atomic E-state index is 12.7. The second-order valence-corrected chi connectivity index (χ2v) is 5.02. The number of nitrogens with one attached hydrogen (secondary N) is 2. The van der Waals surface area contributed by atoms with Crippen LogP contribution in [-0.2, 0) is 9.59 Å². The monoisotopic (exact) mass is 352 g/mol. The Hall–Kier alpha value is -2.80. The number of amides is 2. The van der Waals surface area contributed by atoms with Gasteiger partial charge in [-0.2, -0.15) is 0 Å². The van der Waals surface area contributed by atoms with Crippen molar-refractivity contribution < 1.29 is 23.5 Å². The average Bonchev–Trinajstić information content (AvgIpc) is 2.59. The molecule has 0 saturated carbocycles. The lowest BCUT2D eigenvalue weighted by Crippen LogP contribution is -2.45. The lowest BCUT2D eigenvalue weighted by Gasteiger charge is -2.09. The number of hydrazine groups is 1. The van der Waals surface area contributed by atoms with Crippen molar-refractivity contribution in [1.29, 1.82) is 0 Å². The fourth-order valence-electron chi connectivity index (χ4n) is 1.57. The summed E-state index contributed by atoms with van der Waals surface area (Å²) in [4.78, 5) is 23.1. The van der Waals surface area contributed by atoms with Gasteiger partial charge in [0.05, 0.1) is 0 Å². The Morgan fingerprint density at radius 3 is 1.71 bits per heavy atom. The Morgan fingerprint density at radius 1 is 0.833 bits per heavy atom. The maximum atomic E-state index is 12.7. The highest BCUT2D eigenvalue weighted by atomic mass is 35.5. The number of benzene rings is 2. The van der Waals surface area contributed by atoms with Gasteiger partial charge in [0.25, 0.3) is 11.8 Å². The topological polar surface area (TPSA) is 76.7 Å². The number of ether oxygens (including phenoxy) is 2. The first-order valence-electron chi connectivity index (χ1n) is 6.87. The van der Waals surface area contributed by atoms with Gasteiger partial charge in [-0.3, -0.25) is 20.4 Å². The lowest BCUT2D eigenvalue weighted by molar-refractivity contribution is -0.131. The molecule has 0 aliphatic rings. The van der Waals surface area contributed by atoms with Gasteiger partial charge in [0.1, 0.15) is 17.3 Å². The molecule has 0 unspecified atom stereocenters. The third-order valence-electron chi connectivity index (χ3n) is 2.71. The standard InChI is InChI=1S/C16H14ClFN2O4/c17-11-1-5-13(6-2-11)23-9-15(21)19-20-16(22)10-24-14-7-3-12(18)4-8-14/h1-8H,9-10H2,(H,19,21)(H,20,22). The highest BCUT2D eigenvalue weighted by Crippen LogP contribution is 2.15. The highest BCUT2D eigenvalue weighted by molar-refractivity contribution is 6.30. The van der Waals surface area contributed by atoms with Crippen molar-refractivity contribution >= 4 is 23.4 Å². The molecular formula is C16H14ClFN2O4. The minimum Gasteiger partial charge on any atom is -0.484 e. The van der Waals surface area contributed by atoms with E-state index in [4.69, 9.17) is 21.1 Å². The minimum absolute atomic E-state index is 0.277. The predicted octanol–water partition coefficient (Wildman–Crippen LogP) is 2.08. The largest absolute Gasteiger partial charge is 0.484 e. The number of carbonyl (C=O) groups excluding carboxylic acids is 2. The van der Waals surface area contributed by atoms with Crippen LogP contribution in [0, 0.1) is 5.82 Å². The summed E-state index contributed by atoms with van der Waals surface area (Å²) in [6, 6.07) is 11.7. The molecule has 0 aromatic heterocycles. The smallest absolute Gasteiger partial charge is 0.276 e. The van der Waals surface area contributed by atoms with E-state index in [0.29, 0.717) is 16.5 Å². The zero-order valence-electron chi connectivity index (χ0n) is 12.4. The van der Waals surface area contributed by atoms with E-state index in [1.54, 1.807) is 24.3 Å². The Balaban J connectivity index is 1.64. The number of hydrogen-bond donors (Lipinski definition) is 2. The minimum atomic E-state index is -0.570. The van der Waals surface area contributed by atoms with Crippen molar-refractivity contribution in [3.8, 4) is 11.5 Å². The second kappa shape index (κ2) is 8.73. The summed E-state index contributed by atoms with van der Waals surface area (Å²) in [6.45, 7) is -0.606. The molecule has 126 valence electrons. The van der Waals surface area contributed by atoms with Crippen LogP contribution in [0.5, 0.6) is 11.5 Å². The van der Waals surface area contributed by atoms with E-state index in [-0.39, 0.29) is 13.2 Å². The summed E-state index contributed by atoms with van der Waals surface area (Å²) >= 11 is 5.73. The third kappa shape index (κ3) is 6.13. The van der Waals surface area contributed by atoms with Crippen LogP contribution < -0.4 is 20.3 Å². The predicted molar refractivity (Wildman–Crippen MR) is 85.1 cm³/mol. The quantitative estimate of drug-likeness (QED) is 0.780. The van der Waals surface area contributed by atoms with Gasteiger partial charge in [-0.25, -0.2) is 4.39 Å². The Bertz CT molecular complexity index is 631. The van der Waals surface area contributed by atoms with Crippen molar-refractivity contribution in [2.45, 2.75) is 0 Å². The van der Waals surface area contributed by atoms with Crippen LogP contribution in [0.1, 0.15) is 0 Å². The molecule has 2 aromatic rings. The molecule has 0 radical (unpaired) electrons. The van der Waals surface area contributed by atoms with Crippen molar-refractivity contribution in [2.24, 2.45) is 0 Å². The Kier molecular flexibility index (Phi) is 6.39. The van der Waals surface area contributed by atoms with E-state index in [2.05, 4.69) is 10.9 Å². The van der Waals surface area contributed by atoms with Gasteiger partial charge in [0.15, 0.2) is 13.2 Å². The molecule has 0 aliphatic heterocycles. The zero-order chi connectivity index (χ0) is 17.4. The molecule has 2 N–H and O–H groups in total. The Morgan fingerprint density at radius 2 is 1.25 bits per heavy atom. The van der Waals surface area contributed by atoms with Gasteiger partial charge in [-0.1, -0.05) is 11.6 Å². The average molecular weight is 353 g/mol. The molecule has 0 heterocycles. The van der Waals surface area contributed by atoms with Gasteiger partial charge in [0.2, 0.25) is 0 Å². The summed E-state index contributed by atoms with van der Waals surface area (Å²) in [6.07, 6.45) is 0.